The zero-order valence-corrected chi connectivity index (χ0v) is 17.3. The molecule has 2 fully saturated rings. The van der Waals surface area contributed by atoms with Gasteiger partial charge >= 0.3 is 0 Å². The van der Waals surface area contributed by atoms with Crippen molar-refractivity contribution < 1.29 is 9.53 Å². The van der Waals surface area contributed by atoms with Gasteiger partial charge in [0.05, 0.1) is 12.5 Å². The molecule has 29 heavy (non-hydrogen) atoms. The summed E-state index contributed by atoms with van der Waals surface area (Å²) < 4.78 is 5.63. The first kappa shape index (κ1) is 18.7. The van der Waals surface area contributed by atoms with Crippen LogP contribution in [0.25, 0.3) is 0 Å². The number of rotatable bonds is 1. The second kappa shape index (κ2) is 6.60. The van der Waals surface area contributed by atoms with E-state index in [1.54, 1.807) is 14.2 Å². The summed E-state index contributed by atoms with van der Waals surface area (Å²) in [7, 11) is 3.51. The van der Waals surface area contributed by atoms with Gasteiger partial charge in [-0.25, -0.2) is 4.99 Å². The van der Waals surface area contributed by atoms with Crippen LogP contribution in [-0.2, 0) is 21.5 Å². The summed E-state index contributed by atoms with van der Waals surface area (Å²) in [6, 6.07) is 6.53. The van der Waals surface area contributed by atoms with Gasteiger partial charge in [-0.2, -0.15) is 0 Å². The van der Waals surface area contributed by atoms with E-state index in [1.807, 2.05) is 0 Å². The normalized spacial score (nSPS) is 33.4. The first-order valence-corrected chi connectivity index (χ1v) is 10.8. The van der Waals surface area contributed by atoms with Crippen LogP contribution in [0.2, 0.25) is 0 Å². The Kier molecular flexibility index (Phi) is 4.25. The van der Waals surface area contributed by atoms with Crippen LogP contribution >= 0.6 is 0 Å². The van der Waals surface area contributed by atoms with Crippen molar-refractivity contribution in [2.45, 2.75) is 63.0 Å². The number of fused-ring (bicyclic) bond motifs is 3. The molecule has 1 atom stereocenters. The Bertz CT molecular complexity index is 945. The lowest BCUT2D eigenvalue weighted by Crippen LogP contribution is -2.54. The van der Waals surface area contributed by atoms with E-state index in [2.05, 4.69) is 30.0 Å². The number of carbonyl (C=O) groups excluding carboxylic acids is 1. The number of amides is 1. The lowest BCUT2D eigenvalue weighted by atomic mass is 9.60. The summed E-state index contributed by atoms with van der Waals surface area (Å²) in [5.41, 5.74) is 9.11. The summed E-state index contributed by atoms with van der Waals surface area (Å²) in [5.74, 6) is 7.66. The Labute approximate surface area is 172 Å². The summed E-state index contributed by atoms with van der Waals surface area (Å²) in [4.78, 5) is 19.5. The molecule has 4 aliphatic rings. The molecule has 2 N–H and O–H groups in total. The smallest absolute Gasteiger partial charge is 0.231 e. The molecule has 152 valence electrons. The van der Waals surface area contributed by atoms with E-state index in [0.717, 1.165) is 37.7 Å². The molecule has 1 heterocycles. The number of nitrogens with two attached hydrogens (primary N) is 1. The van der Waals surface area contributed by atoms with E-state index >= 15 is 0 Å². The standard InChI is InChI=1S/C24H29N3O2/c1-27-21(28)15-24(26-22(27)25)20-13-17(6-5-16-3-4-16)7-8-18(20)14-23(24)11-9-19(29-2)10-12-23/h7-8,13,16,19H,3-4,9-12,14-15H2,1-2H3,(H2,25,26). The predicted molar refractivity (Wildman–Crippen MR) is 112 cm³/mol. The molecule has 0 saturated heterocycles. The summed E-state index contributed by atoms with van der Waals surface area (Å²) in [6.45, 7) is 0. The number of guanidine groups is 1. The van der Waals surface area contributed by atoms with E-state index in [1.165, 1.54) is 28.9 Å². The van der Waals surface area contributed by atoms with Crippen molar-refractivity contribution in [3.05, 3.63) is 34.9 Å². The SMILES string of the molecule is COC1CCC2(CC1)Cc1ccc(C#CC3CC3)cc1C21CC(=O)N(C)C(N)=N1. The Morgan fingerprint density at radius 1 is 1.21 bits per heavy atom. The molecule has 5 rings (SSSR count). The average Bonchev–Trinajstić information content (AvgIpc) is 3.52. The molecule has 1 unspecified atom stereocenters. The molecule has 0 bridgehead atoms. The van der Waals surface area contributed by atoms with Gasteiger partial charge in [0, 0.05) is 31.1 Å². The van der Waals surface area contributed by atoms with Gasteiger partial charge in [0.1, 0.15) is 5.54 Å². The zero-order valence-electron chi connectivity index (χ0n) is 17.3. The van der Waals surface area contributed by atoms with Gasteiger partial charge in [0.15, 0.2) is 5.96 Å². The minimum Gasteiger partial charge on any atom is -0.381 e. The number of benzene rings is 1. The highest BCUT2D eigenvalue weighted by Gasteiger charge is 2.61. The van der Waals surface area contributed by atoms with Gasteiger partial charge in [-0.05, 0) is 68.2 Å². The Balaban J connectivity index is 1.62. The van der Waals surface area contributed by atoms with Crippen LogP contribution in [0.4, 0.5) is 0 Å². The van der Waals surface area contributed by atoms with Crippen molar-refractivity contribution in [1.29, 1.82) is 0 Å². The number of ether oxygens (including phenoxy) is 1. The third-order valence-corrected chi connectivity index (χ3v) is 7.61. The number of hydrogen-bond donors (Lipinski definition) is 1. The first-order valence-electron chi connectivity index (χ1n) is 10.8. The Morgan fingerprint density at radius 2 is 1.97 bits per heavy atom. The number of aliphatic imine (C=N–C) groups is 1. The van der Waals surface area contributed by atoms with E-state index in [4.69, 9.17) is 15.5 Å². The van der Waals surface area contributed by atoms with Gasteiger partial charge in [0.25, 0.3) is 0 Å². The third-order valence-electron chi connectivity index (χ3n) is 7.61. The van der Waals surface area contributed by atoms with Gasteiger partial charge in [-0.15, -0.1) is 0 Å². The fourth-order valence-corrected chi connectivity index (χ4v) is 5.61. The maximum absolute atomic E-state index is 12.9. The monoisotopic (exact) mass is 391 g/mol. The largest absolute Gasteiger partial charge is 0.381 e. The quantitative estimate of drug-likeness (QED) is 0.749. The van der Waals surface area contributed by atoms with Gasteiger partial charge in [0.2, 0.25) is 5.91 Å². The number of nitrogens with zero attached hydrogens (tertiary/aromatic N) is 2. The molecule has 1 aromatic carbocycles. The fourth-order valence-electron chi connectivity index (χ4n) is 5.61. The highest BCUT2D eigenvalue weighted by atomic mass is 16.5. The van der Waals surface area contributed by atoms with Crippen LogP contribution in [0.1, 0.15) is 61.6 Å². The minimum atomic E-state index is -0.577. The highest BCUT2D eigenvalue weighted by Crippen LogP contribution is 2.62. The van der Waals surface area contributed by atoms with Crippen LogP contribution < -0.4 is 5.73 Å². The molecular formula is C24H29N3O2. The minimum absolute atomic E-state index is 0.0491. The Hall–Kier alpha value is -2.32. The van der Waals surface area contributed by atoms with Crippen molar-refractivity contribution in [3.8, 4) is 11.8 Å². The highest BCUT2D eigenvalue weighted by molar-refractivity contribution is 5.99. The van der Waals surface area contributed by atoms with E-state index < -0.39 is 5.54 Å². The number of hydrogen-bond acceptors (Lipinski definition) is 4. The number of methoxy groups -OCH3 is 1. The maximum atomic E-state index is 12.9. The summed E-state index contributed by atoms with van der Waals surface area (Å²) in [6.07, 6.45) is 8.05. The van der Waals surface area contributed by atoms with Gasteiger partial charge < -0.3 is 10.5 Å². The second-order valence-electron chi connectivity index (χ2n) is 9.27. The van der Waals surface area contributed by atoms with Crippen LogP contribution in [0, 0.1) is 23.2 Å². The van der Waals surface area contributed by atoms with Crippen molar-refractivity contribution in [2.24, 2.45) is 22.1 Å². The molecule has 1 aliphatic heterocycles. The van der Waals surface area contributed by atoms with Crippen molar-refractivity contribution in [1.82, 2.24) is 4.90 Å². The third kappa shape index (κ3) is 2.88. The van der Waals surface area contributed by atoms with E-state index in [9.17, 15) is 4.79 Å². The zero-order chi connectivity index (χ0) is 20.2. The predicted octanol–water partition coefficient (Wildman–Crippen LogP) is 2.95. The van der Waals surface area contributed by atoms with Crippen molar-refractivity contribution >= 4 is 11.9 Å². The first-order chi connectivity index (χ1) is 14.0. The average molecular weight is 392 g/mol. The Morgan fingerprint density at radius 3 is 2.62 bits per heavy atom. The molecule has 0 radical (unpaired) electrons. The summed E-state index contributed by atoms with van der Waals surface area (Å²) >= 11 is 0. The molecule has 2 spiro atoms. The summed E-state index contributed by atoms with van der Waals surface area (Å²) in [5, 5.41) is 0. The molecule has 3 aliphatic carbocycles. The number of carbonyl (C=O) groups is 1. The van der Waals surface area contributed by atoms with Crippen molar-refractivity contribution in [3.63, 3.8) is 0 Å². The van der Waals surface area contributed by atoms with E-state index in [-0.39, 0.29) is 11.3 Å². The molecule has 5 heteroatoms. The van der Waals surface area contributed by atoms with Crippen LogP contribution in [-0.4, -0.2) is 37.0 Å². The molecule has 0 aromatic heterocycles. The van der Waals surface area contributed by atoms with Gasteiger partial charge in [-0.1, -0.05) is 17.9 Å². The molecule has 1 amide bonds. The molecule has 1 aromatic rings. The molecular weight excluding hydrogens is 362 g/mol. The fraction of sp³-hybridized carbons (Fsp3) is 0.583. The molecule has 5 nitrogen and oxygen atoms in total. The van der Waals surface area contributed by atoms with Gasteiger partial charge in [-0.3, -0.25) is 9.69 Å². The van der Waals surface area contributed by atoms with Crippen molar-refractivity contribution in [2.75, 3.05) is 14.2 Å². The van der Waals surface area contributed by atoms with Crippen LogP contribution in [0.3, 0.4) is 0 Å². The van der Waals surface area contributed by atoms with E-state index in [0.29, 0.717) is 24.4 Å². The maximum Gasteiger partial charge on any atom is 0.231 e. The second-order valence-corrected chi connectivity index (χ2v) is 9.27. The van der Waals surface area contributed by atoms with Crippen LogP contribution in [0.15, 0.2) is 23.2 Å². The lowest BCUT2D eigenvalue weighted by molar-refractivity contribution is -0.131. The van der Waals surface area contributed by atoms with Crippen LogP contribution in [0.5, 0.6) is 0 Å². The lowest BCUT2D eigenvalue weighted by Gasteiger charge is -2.49. The molecule has 2 saturated carbocycles. The topological polar surface area (TPSA) is 67.9 Å².